The molecule has 21 heavy (non-hydrogen) atoms. The van der Waals surface area contributed by atoms with E-state index in [1.807, 2.05) is 12.1 Å². The summed E-state index contributed by atoms with van der Waals surface area (Å²) >= 11 is 5.80. The van der Waals surface area contributed by atoms with E-state index in [4.69, 9.17) is 17.3 Å². The van der Waals surface area contributed by atoms with Gasteiger partial charge in [-0.25, -0.2) is 0 Å². The van der Waals surface area contributed by atoms with Crippen LogP contribution in [-0.4, -0.2) is 6.36 Å². The highest BCUT2D eigenvalue weighted by molar-refractivity contribution is 6.30. The van der Waals surface area contributed by atoms with Gasteiger partial charge in [-0.2, -0.15) is 0 Å². The van der Waals surface area contributed by atoms with Gasteiger partial charge in [0.2, 0.25) is 0 Å². The van der Waals surface area contributed by atoms with Crippen LogP contribution in [0.15, 0.2) is 48.5 Å². The van der Waals surface area contributed by atoms with Crippen LogP contribution in [0.3, 0.4) is 0 Å². The number of hydrogen-bond acceptors (Lipinski definition) is 2. The minimum Gasteiger partial charge on any atom is -0.406 e. The lowest BCUT2D eigenvalue weighted by molar-refractivity contribution is -0.274. The largest absolute Gasteiger partial charge is 0.573 e. The molecular weight excluding hydrogens is 303 g/mol. The summed E-state index contributed by atoms with van der Waals surface area (Å²) in [6.45, 7) is 0. The number of nitrogens with two attached hydrogens (primary N) is 1. The zero-order valence-electron chi connectivity index (χ0n) is 10.9. The van der Waals surface area contributed by atoms with Crippen LogP contribution in [0, 0.1) is 0 Å². The van der Waals surface area contributed by atoms with Crippen LogP contribution in [0.25, 0.3) is 0 Å². The molecule has 0 aliphatic carbocycles. The van der Waals surface area contributed by atoms with E-state index >= 15 is 0 Å². The molecule has 0 aliphatic rings. The molecule has 0 saturated carbocycles. The van der Waals surface area contributed by atoms with Crippen molar-refractivity contribution in [2.45, 2.75) is 18.8 Å². The number of halogens is 4. The van der Waals surface area contributed by atoms with E-state index in [1.165, 1.54) is 24.3 Å². The van der Waals surface area contributed by atoms with Gasteiger partial charge in [0.25, 0.3) is 0 Å². The summed E-state index contributed by atoms with van der Waals surface area (Å²) in [4.78, 5) is 0. The summed E-state index contributed by atoms with van der Waals surface area (Å²) in [5, 5.41) is 0.640. The SMILES string of the molecule is N[C@@H](Cc1ccc(Cl)cc1)c1ccc(OC(F)(F)F)cc1. The smallest absolute Gasteiger partial charge is 0.406 e. The normalized spacial score (nSPS) is 13.0. The molecule has 2 nitrogen and oxygen atoms in total. The van der Waals surface area contributed by atoms with Crippen LogP contribution in [0.2, 0.25) is 5.02 Å². The summed E-state index contributed by atoms with van der Waals surface area (Å²) in [5.74, 6) is -0.259. The first-order valence-corrected chi connectivity index (χ1v) is 6.57. The van der Waals surface area contributed by atoms with Crippen molar-refractivity contribution in [1.29, 1.82) is 0 Å². The van der Waals surface area contributed by atoms with Gasteiger partial charge < -0.3 is 10.5 Å². The zero-order valence-corrected chi connectivity index (χ0v) is 11.7. The maximum Gasteiger partial charge on any atom is 0.573 e. The molecule has 0 aliphatic heterocycles. The Morgan fingerprint density at radius 1 is 1.00 bits per heavy atom. The number of hydrogen-bond donors (Lipinski definition) is 1. The molecule has 2 aromatic rings. The highest BCUT2D eigenvalue weighted by atomic mass is 35.5. The molecule has 0 bridgehead atoms. The average molecular weight is 316 g/mol. The quantitative estimate of drug-likeness (QED) is 0.902. The van der Waals surface area contributed by atoms with Crippen LogP contribution in [0.4, 0.5) is 13.2 Å². The molecule has 0 aromatic heterocycles. The number of rotatable bonds is 4. The van der Waals surface area contributed by atoms with Crippen molar-refractivity contribution in [3.05, 3.63) is 64.7 Å². The summed E-state index contributed by atoms with van der Waals surface area (Å²) in [5.41, 5.74) is 7.78. The molecule has 2 aromatic carbocycles. The second kappa shape index (κ2) is 6.37. The van der Waals surface area contributed by atoms with Gasteiger partial charge >= 0.3 is 6.36 Å². The van der Waals surface area contributed by atoms with E-state index < -0.39 is 6.36 Å². The van der Waals surface area contributed by atoms with Gasteiger partial charge in [0.15, 0.2) is 0 Å². The first kappa shape index (κ1) is 15.7. The third-order valence-electron chi connectivity index (χ3n) is 2.91. The van der Waals surface area contributed by atoms with Crippen molar-refractivity contribution in [3.63, 3.8) is 0 Å². The van der Waals surface area contributed by atoms with Gasteiger partial charge in [0.05, 0.1) is 0 Å². The molecule has 6 heteroatoms. The monoisotopic (exact) mass is 315 g/mol. The second-order valence-electron chi connectivity index (χ2n) is 4.55. The van der Waals surface area contributed by atoms with Crippen molar-refractivity contribution in [3.8, 4) is 5.75 Å². The number of alkyl halides is 3. The molecule has 2 N–H and O–H groups in total. The van der Waals surface area contributed by atoms with Gasteiger partial charge in [0.1, 0.15) is 5.75 Å². The minimum atomic E-state index is -4.69. The third-order valence-corrected chi connectivity index (χ3v) is 3.16. The Labute approximate surface area is 125 Å². The summed E-state index contributed by atoms with van der Waals surface area (Å²) in [6.07, 6.45) is -4.12. The van der Waals surface area contributed by atoms with Crippen molar-refractivity contribution in [2.75, 3.05) is 0 Å². The Morgan fingerprint density at radius 2 is 1.57 bits per heavy atom. The molecule has 0 spiro atoms. The Morgan fingerprint density at radius 3 is 2.10 bits per heavy atom. The predicted molar refractivity (Wildman–Crippen MR) is 75.2 cm³/mol. The fraction of sp³-hybridized carbons (Fsp3) is 0.200. The van der Waals surface area contributed by atoms with Crippen LogP contribution in [0.5, 0.6) is 5.75 Å². The van der Waals surface area contributed by atoms with E-state index in [2.05, 4.69) is 4.74 Å². The fourth-order valence-electron chi connectivity index (χ4n) is 1.91. The predicted octanol–water partition coefficient (Wildman–Crippen LogP) is 4.48. The van der Waals surface area contributed by atoms with Crippen molar-refractivity contribution >= 4 is 11.6 Å². The first-order chi connectivity index (χ1) is 9.83. The van der Waals surface area contributed by atoms with Crippen LogP contribution in [0.1, 0.15) is 17.2 Å². The van der Waals surface area contributed by atoms with Gasteiger partial charge in [-0.1, -0.05) is 35.9 Å². The second-order valence-corrected chi connectivity index (χ2v) is 4.99. The highest BCUT2D eigenvalue weighted by Gasteiger charge is 2.31. The molecule has 0 saturated heterocycles. The minimum absolute atomic E-state index is 0.259. The Hall–Kier alpha value is -1.72. The topological polar surface area (TPSA) is 35.2 Å². The molecule has 0 heterocycles. The Kier molecular flexibility index (Phi) is 4.75. The lowest BCUT2D eigenvalue weighted by Gasteiger charge is -2.14. The average Bonchev–Trinajstić information content (AvgIpc) is 2.40. The van der Waals surface area contributed by atoms with E-state index in [-0.39, 0.29) is 11.8 Å². The van der Waals surface area contributed by atoms with E-state index in [1.54, 1.807) is 12.1 Å². The maximum atomic E-state index is 12.1. The Balaban J connectivity index is 2.02. The van der Waals surface area contributed by atoms with Crippen LogP contribution in [-0.2, 0) is 6.42 Å². The van der Waals surface area contributed by atoms with Crippen molar-refractivity contribution in [1.82, 2.24) is 0 Å². The molecule has 2 rings (SSSR count). The molecule has 112 valence electrons. The van der Waals surface area contributed by atoms with Crippen LogP contribution >= 0.6 is 11.6 Å². The fourth-order valence-corrected chi connectivity index (χ4v) is 2.03. The van der Waals surface area contributed by atoms with E-state index in [0.29, 0.717) is 11.4 Å². The first-order valence-electron chi connectivity index (χ1n) is 6.19. The van der Waals surface area contributed by atoms with Crippen molar-refractivity contribution in [2.24, 2.45) is 5.73 Å². The molecule has 0 fully saturated rings. The maximum absolute atomic E-state index is 12.1. The molecule has 0 unspecified atom stereocenters. The standard InChI is InChI=1S/C15H13ClF3NO/c16-12-5-1-10(2-6-12)9-14(20)11-3-7-13(8-4-11)21-15(17,18)19/h1-8,14H,9,20H2/t14-/m0/s1. The number of benzene rings is 2. The highest BCUT2D eigenvalue weighted by Crippen LogP contribution is 2.25. The molecular formula is C15H13ClF3NO. The van der Waals surface area contributed by atoms with E-state index in [9.17, 15) is 13.2 Å². The molecule has 0 radical (unpaired) electrons. The van der Waals surface area contributed by atoms with Gasteiger partial charge in [-0.15, -0.1) is 13.2 Å². The zero-order chi connectivity index (χ0) is 15.5. The van der Waals surface area contributed by atoms with Crippen LogP contribution < -0.4 is 10.5 Å². The van der Waals surface area contributed by atoms with Gasteiger partial charge in [0, 0.05) is 11.1 Å². The molecule has 1 atom stereocenters. The molecule has 0 amide bonds. The Bertz CT molecular complexity index is 581. The van der Waals surface area contributed by atoms with Crippen molar-refractivity contribution < 1.29 is 17.9 Å². The third kappa shape index (κ3) is 4.95. The number of ether oxygens (including phenoxy) is 1. The summed E-state index contributed by atoms with van der Waals surface area (Å²) in [7, 11) is 0. The van der Waals surface area contributed by atoms with Gasteiger partial charge in [-0.3, -0.25) is 0 Å². The summed E-state index contributed by atoms with van der Waals surface area (Å²) in [6, 6.07) is 12.5. The van der Waals surface area contributed by atoms with E-state index in [0.717, 1.165) is 11.1 Å². The summed E-state index contributed by atoms with van der Waals surface area (Å²) < 4.78 is 40.0. The van der Waals surface area contributed by atoms with Gasteiger partial charge in [-0.05, 0) is 41.8 Å². The lowest BCUT2D eigenvalue weighted by Crippen LogP contribution is -2.17. The lowest BCUT2D eigenvalue weighted by atomic mass is 10.00.